The lowest BCUT2D eigenvalue weighted by Gasteiger charge is -2.29. The number of allylic oxidation sites excluding steroid dienone is 3. The number of nitrogens with two attached hydrogens (primary N) is 1. The smallest absolute Gasteiger partial charge is 0.174 e. The predicted octanol–water partition coefficient (Wildman–Crippen LogP) is 4.61. The molecular formula is C27H30N2O. The quantitative estimate of drug-likeness (QED) is 0.777. The molecule has 2 aromatic carbocycles. The SMILES string of the molecule is CCC1C=C(CN)c2ccc3c(c2C1)CCc1ccccc1-3.O=C1C=CC=CNC1. The monoisotopic (exact) mass is 398 g/mol. The van der Waals surface area contributed by atoms with E-state index in [1.165, 1.54) is 47.1 Å². The Morgan fingerprint density at radius 2 is 1.83 bits per heavy atom. The number of aryl methyl sites for hydroxylation is 1. The number of hydrogen-bond acceptors (Lipinski definition) is 3. The maximum absolute atomic E-state index is 10.5. The van der Waals surface area contributed by atoms with Crippen LogP contribution < -0.4 is 11.1 Å². The zero-order valence-corrected chi connectivity index (χ0v) is 17.7. The van der Waals surface area contributed by atoms with E-state index < -0.39 is 0 Å². The molecule has 0 fully saturated rings. The Morgan fingerprint density at radius 1 is 1.00 bits per heavy atom. The first-order valence-electron chi connectivity index (χ1n) is 10.9. The Kier molecular flexibility index (Phi) is 6.29. The number of nitrogens with one attached hydrogen (secondary N) is 1. The van der Waals surface area contributed by atoms with Crippen molar-refractivity contribution in [1.29, 1.82) is 0 Å². The average molecular weight is 399 g/mol. The van der Waals surface area contributed by atoms with E-state index in [2.05, 4.69) is 54.7 Å². The van der Waals surface area contributed by atoms with Crippen LogP contribution in [0.15, 0.2) is 66.9 Å². The second-order valence-electron chi connectivity index (χ2n) is 8.11. The van der Waals surface area contributed by atoms with Gasteiger partial charge in [0.2, 0.25) is 0 Å². The molecule has 1 heterocycles. The van der Waals surface area contributed by atoms with Crippen LogP contribution in [-0.4, -0.2) is 18.9 Å². The van der Waals surface area contributed by atoms with Gasteiger partial charge in [0.25, 0.3) is 0 Å². The van der Waals surface area contributed by atoms with Gasteiger partial charge in [0.05, 0.1) is 6.54 Å². The highest BCUT2D eigenvalue weighted by atomic mass is 16.1. The van der Waals surface area contributed by atoms with Gasteiger partial charge in [-0.15, -0.1) is 0 Å². The van der Waals surface area contributed by atoms with Gasteiger partial charge < -0.3 is 11.1 Å². The molecule has 0 bridgehead atoms. The van der Waals surface area contributed by atoms with Gasteiger partial charge in [-0.3, -0.25) is 4.79 Å². The minimum Gasteiger partial charge on any atom is -0.383 e. The number of fused-ring (bicyclic) bond motifs is 5. The van der Waals surface area contributed by atoms with E-state index in [9.17, 15) is 4.79 Å². The minimum atomic E-state index is 0.120. The van der Waals surface area contributed by atoms with Crippen molar-refractivity contribution >= 4 is 11.4 Å². The number of ketones is 1. The number of rotatable bonds is 2. The highest BCUT2D eigenvalue weighted by Crippen LogP contribution is 2.41. The summed E-state index contributed by atoms with van der Waals surface area (Å²) >= 11 is 0. The van der Waals surface area contributed by atoms with Gasteiger partial charge in [-0.25, -0.2) is 0 Å². The Balaban J connectivity index is 0.000000230. The average Bonchev–Trinajstić information content (AvgIpc) is 3.05. The van der Waals surface area contributed by atoms with Crippen LogP contribution in [-0.2, 0) is 24.1 Å². The van der Waals surface area contributed by atoms with Crippen LogP contribution in [0.25, 0.3) is 16.7 Å². The Labute approximate surface area is 179 Å². The summed E-state index contributed by atoms with van der Waals surface area (Å²) in [5.74, 6) is 0.768. The fraction of sp³-hybridized carbons (Fsp3) is 0.296. The first kappa shape index (κ1) is 20.4. The third-order valence-corrected chi connectivity index (χ3v) is 6.26. The fourth-order valence-corrected chi connectivity index (χ4v) is 4.67. The molecule has 3 N–H and O–H groups in total. The molecule has 1 atom stereocenters. The molecule has 1 aliphatic heterocycles. The second-order valence-corrected chi connectivity index (χ2v) is 8.11. The van der Waals surface area contributed by atoms with E-state index in [0.29, 0.717) is 19.0 Å². The number of benzene rings is 2. The van der Waals surface area contributed by atoms with Crippen LogP contribution in [0, 0.1) is 5.92 Å². The third kappa shape index (κ3) is 4.17. The number of hydrogen-bond donors (Lipinski definition) is 2. The first-order valence-corrected chi connectivity index (χ1v) is 10.9. The molecule has 0 amide bonds. The maximum atomic E-state index is 10.5. The molecular weight excluding hydrogens is 368 g/mol. The molecule has 0 saturated heterocycles. The van der Waals surface area contributed by atoms with Gasteiger partial charge in [0.1, 0.15) is 0 Å². The van der Waals surface area contributed by atoms with Gasteiger partial charge in [0.15, 0.2) is 5.78 Å². The standard InChI is InChI=1S/C21H23N.C6H7NO/c1-2-14-11-16(13-22)18-9-10-19-17-6-4-3-5-15(17)7-8-20(19)21(18)12-14;8-6-3-1-2-4-7-5-6/h3-6,9-11,14H,2,7-8,12-13,22H2,1H3;1-4,7H,5H2. The fourth-order valence-electron chi connectivity index (χ4n) is 4.67. The van der Waals surface area contributed by atoms with Crippen molar-refractivity contribution in [3.63, 3.8) is 0 Å². The lowest BCUT2D eigenvalue weighted by molar-refractivity contribution is -0.113. The number of carbonyl (C=O) groups excluding carboxylic acids is 1. The highest BCUT2D eigenvalue weighted by Gasteiger charge is 2.25. The lowest BCUT2D eigenvalue weighted by atomic mass is 9.75. The molecule has 1 unspecified atom stereocenters. The molecule has 5 rings (SSSR count). The van der Waals surface area contributed by atoms with Crippen molar-refractivity contribution in [2.45, 2.75) is 32.6 Å². The van der Waals surface area contributed by atoms with Gasteiger partial charge in [-0.05, 0) is 88.9 Å². The van der Waals surface area contributed by atoms with Gasteiger partial charge >= 0.3 is 0 Å². The molecule has 2 aromatic rings. The molecule has 30 heavy (non-hydrogen) atoms. The van der Waals surface area contributed by atoms with Crippen LogP contribution in [0.2, 0.25) is 0 Å². The normalized spacial score (nSPS) is 18.7. The molecule has 154 valence electrons. The summed E-state index contributed by atoms with van der Waals surface area (Å²) in [7, 11) is 0. The molecule has 2 aliphatic carbocycles. The van der Waals surface area contributed by atoms with E-state index in [4.69, 9.17) is 5.73 Å². The van der Waals surface area contributed by atoms with Crippen molar-refractivity contribution < 1.29 is 4.79 Å². The minimum absolute atomic E-state index is 0.120. The van der Waals surface area contributed by atoms with Crippen molar-refractivity contribution in [3.8, 4) is 11.1 Å². The van der Waals surface area contributed by atoms with E-state index in [-0.39, 0.29) is 5.78 Å². The van der Waals surface area contributed by atoms with E-state index >= 15 is 0 Å². The van der Waals surface area contributed by atoms with Crippen LogP contribution >= 0.6 is 0 Å². The largest absolute Gasteiger partial charge is 0.383 e. The van der Waals surface area contributed by atoms with Crippen LogP contribution in [0.4, 0.5) is 0 Å². The zero-order valence-electron chi connectivity index (χ0n) is 17.7. The van der Waals surface area contributed by atoms with Gasteiger partial charge in [-0.2, -0.15) is 0 Å². The summed E-state index contributed by atoms with van der Waals surface area (Å²) in [6.07, 6.45) is 13.9. The van der Waals surface area contributed by atoms with Crippen LogP contribution in [0.1, 0.15) is 35.6 Å². The lowest BCUT2D eigenvalue weighted by Crippen LogP contribution is -2.18. The molecule has 0 saturated carbocycles. The van der Waals surface area contributed by atoms with E-state index in [1.807, 2.05) is 0 Å². The van der Waals surface area contributed by atoms with Crippen molar-refractivity contribution in [2.24, 2.45) is 11.7 Å². The Hall–Kier alpha value is -2.91. The Morgan fingerprint density at radius 3 is 2.67 bits per heavy atom. The maximum Gasteiger partial charge on any atom is 0.174 e. The molecule has 0 radical (unpaired) electrons. The zero-order chi connectivity index (χ0) is 20.9. The predicted molar refractivity (Wildman–Crippen MR) is 125 cm³/mol. The first-order chi connectivity index (χ1) is 14.7. The van der Waals surface area contributed by atoms with E-state index in [1.54, 1.807) is 35.6 Å². The van der Waals surface area contributed by atoms with Crippen LogP contribution in [0.3, 0.4) is 0 Å². The molecule has 0 spiro atoms. The molecule has 3 heteroatoms. The summed E-state index contributed by atoms with van der Waals surface area (Å²) in [5, 5.41) is 2.80. The summed E-state index contributed by atoms with van der Waals surface area (Å²) in [5.41, 5.74) is 16.3. The van der Waals surface area contributed by atoms with E-state index in [0.717, 1.165) is 6.42 Å². The second kappa shape index (κ2) is 9.27. The summed E-state index contributed by atoms with van der Waals surface area (Å²) < 4.78 is 0. The number of carbonyl (C=O) groups is 1. The van der Waals surface area contributed by atoms with Crippen molar-refractivity contribution in [3.05, 3.63) is 89.2 Å². The highest BCUT2D eigenvalue weighted by molar-refractivity contribution is 5.92. The summed E-state index contributed by atoms with van der Waals surface area (Å²) in [4.78, 5) is 10.5. The Bertz CT molecular complexity index is 1030. The molecule has 3 aliphatic rings. The van der Waals surface area contributed by atoms with Crippen LogP contribution in [0.5, 0.6) is 0 Å². The topological polar surface area (TPSA) is 55.1 Å². The van der Waals surface area contributed by atoms with Crippen molar-refractivity contribution in [1.82, 2.24) is 5.32 Å². The summed E-state index contributed by atoms with van der Waals surface area (Å²) in [6.45, 7) is 3.36. The molecule has 0 aromatic heterocycles. The van der Waals surface area contributed by atoms with Gasteiger partial charge in [0, 0.05) is 6.54 Å². The third-order valence-electron chi connectivity index (χ3n) is 6.26. The molecule has 3 nitrogen and oxygen atoms in total. The van der Waals surface area contributed by atoms with Gasteiger partial charge in [-0.1, -0.05) is 55.5 Å². The van der Waals surface area contributed by atoms with Crippen molar-refractivity contribution in [2.75, 3.05) is 13.1 Å². The summed E-state index contributed by atoms with van der Waals surface area (Å²) in [6, 6.07) is 13.5.